The largest absolute Gasteiger partial charge is 0.467 e. The molecular weight excluding hydrogens is 340 g/mol. The molecule has 3 rings (SSSR count). The van der Waals surface area contributed by atoms with Crippen molar-refractivity contribution < 1.29 is 18.7 Å². The van der Waals surface area contributed by atoms with Gasteiger partial charge in [-0.1, -0.05) is 0 Å². The Morgan fingerprint density at radius 3 is 2.85 bits per heavy atom. The molecule has 10 heteroatoms. The predicted molar refractivity (Wildman–Crippen MR) is 90.3 cm³/mol. The highest BCUT2D eigenvalue weighted by Gasteiger charge is 2.19. The molecule has 0 saturated carbocycles. The number of carbonyl (C=O) groups excluding carboxylic acids is 2. The van der Waals surface area contributed by atoms with E-state index in [2.05, 4.69) is 20.8 Å². The van der Waals surface area contributed by atoms with Crippen molar-refractivity contribution in [3.8, 4) is 0 Å². The summed E-state index contributed by atoms with van der Waals surface area (Å²) in [5.74, 6) is -0.265. The summed E-state index contributed by atoms with van der Waals surface area (Å²) in [6, 6.07) is 5.04. The summed E-state index contributed by atoms with van der Waals surface area (Å²) in [6.45, 7) is 0.456. The Kier molecular flexibility index (Phi) is 5.13. The summed E-state index contributed by atoms with van der Waals surface area (Å²) in [5.41, 5.74) is 0.590. The lowest BCUT2D eigenvalue weighted by Gasteiger charge is -2.04. The topological polar surface area (TPSA) is 116 Å². The molecule has 0 aliphatic heterocycles. The number of anilines is 1. The van der Waals surface area contributed by atoms with E-state index in [1.807, 2.05) is 0 Å². The first kappa shape index (κ1) is 17.4. The summed E-state index contributed by atoms with van der Waals surface area (Å²) in [6.07, 6.45) is 4.70. The third kappa shape index (κ3) is 3.98. The Bertz CT molecular complexity index is 896. The highest BCUT2D eigenvalue weighted by Crippen LogP contribution is 2.15. The first-order chi connectivity index (χ1) is 12.6. The normalized spacial score (nSPS) is 10.7. The number of aryl methyl sites for hydroxylation is 1. The highest BCUT2D eigenvalue weighted by atomic mass is 16.5. The lowest BCUT2D eigenvalue weighted by Crippen LogP contribution is -2.25. The van der Waals surface area contributed by atoms with Crippen LogP contribution in [0.2, 0.25) is 0 Å². The van der Waals surface area contributed by atoms with Crippen molar-refractivity contribution in [3.63, 3.8) is 0 Å². The van der Waals surface area contributed by atoms with Crippen LogP contribution in [0.5, 0.6) is 0 Å². The molecular formula is C16H18N6O4. The van der Waals surface area contributed by atoms with Crippen LogP contribution >= 0.6 is 0 Å². The molecule has 0 unspecified atom stereocenters. The van der Waals surface area contributed by atoms with Crippen molar-refractivity contribution in [2.45, 2.75) is 13.3 Å². The molecule has 10 nitrogen and oxygen atoms in total. The van der Waals surface area contributed by atoms with Gasteiger partial charge in [0.05, 0.1) is 18.5 Å². The van der Waals surface area contributed by atoms with E-state index < -0.39 is 11.8 Å². The molecule has 0 radical (unpaired) electrons. The SMILES string of the molecule is COCn1ccc(C(=O)Nc2cn(C)nc2C(=O)NCc2ccco2)n1. The zero-order chi connectivity index (χ0) is 18.5. The molecule has 3 aromatic rings. The number of carbonyl (C=O) groups is 2. The van der Waals surface area contributed by atoms with Gasteiger partial charge in [0.25, 0.3) is 11.8 Å². The van der Waals surface area contributed by atoms with Gasteiger partial charge in [-0.25, -0.2) is 4.68 Å². The molecule has 0 bridgehead atoms. The van der Waals surface area contributed by atoms with E-state index in [1.165, 1.54) is 22.7 Å². The third-order valence-corrected chi connectivity index (χ3v) is 3.43. The maximum Gasteiger partial charge on any atom is 0.276 e. The van der Waals surface area contributed by atoms with Gasteiger partial charge in [0, 0.05) is 26.6 Å². The minimum absolute atomic E-state index is 0.101. The lowest BCUT2D eigenvalue weighted by atomic mass is 10.3. The van der Waals surface area contributed by atoms with Crippen LogP contribution in [0.3, 0.4) is 0 Å². The van der Waals surface area contributed by atoms with Crippen molar-refractivity contribution in [1.29, 1.82) is 0 Å². The average Bonchev–Trinajstić information content (AvgIpc) is 3.34. The number of nitrogens with one attached hydrogen (secondary N) is 2. The number of ether oxygens (including phenoxy) is 1. The smallest absolute Gasteiger partial charge is 0.276 e. The van der Waals surface area contributed by atoms with Crippen LogP contribution in [0.25, 0.3) is 0 Å². The van der Waals surface area contributed by atoms with Crippen molar-refractivity contribution in [2.24, 2.45) is 7.05 Å². The molecule has 136 valence electrons. The van der Waals surface area contributed by atoms with Gasteiger partial charge in [0.1, 0.15) is 12.5 Å². The zero-order valence-corrected chi connectivity index (χ0v) is 14.3. The summed E-state index contributed by atoms with van der Waals surface area (Å²) in [4.78, 5) is 24.7. The highest BCUT2D eigenvalue weighted by molar-refractivity contribution is 6.07. The number of aromatic nitrogens is 4. The van der Waals surface area contributed by atoms with E-state index in [0.717, 1.165) is 0 Å². The van der Waals surface area contributed by atoms with Crippen molar-refractivity contribution >= 4 is 17.5 Å². The summed E-state index contributed by atoms with van der Waals surface area (Å²) in [5, 5.41) is 13.5. The fourth-order valence-corrected chi connectivity index (χ4v) is 2.29. The monoisotopic (exact) mass is 358 g/mol. The van der Waals surface area contributed by atoms with E-state index >= 15 is 0 Å². The van der Waals surface area contributed by atoms with E-state index in [9.17, 15) is 9.59 Å². The molecule has 0 spiro atoms. The third-order valence-electron chi connectivity index (χ3n) is 3.43. The molecule has 0 saturated heterocycles. The Balaban J connectivity index is 1.69. The van der Waals surface area contributed by atoms with Crippen LogP contribution in [-0.4, -0.2) is 38.5 Å². The van der Waals surface area contributed by atoms with E-state index in [-0.39, 0.29) is 30.4 Å². The van der Waals surface area contributed by atoms with Crippen molar-refractivity contribution in [1.82, 2.24) is 24.9 Å². The second-order valence-corrected chi connectivity index (χ2v) is 5.44. The van der Waals surface area contributed by atoms with Crippen molar-refractivity contribution in [3.05, 3.63) is 54.0 Å². The van der Waals surface area contributed by atoms with Gasteiger partial charge in [-0.05, 0) is 18.2 Å². The quantitative estimate of drug-likeness (QED) is 0.651. The number of nitrogens with zero attached hydrogens (tertiary/aromatic N) is 4. The van der Waals surface area contributed by atoms with Crippen LogP contribution in [0.1, 0.15) is 26.7 Å². The van der Waals surface area contributed by atoms with Crippen LogP contribution in [-0.2, 0) is 25.1 Å². The van der Waals surface area contributed by atoms with E-state index in [0.29, 0.717) is 5.76 Å². The maximum absolute atomic E-state index is 12.4. The van der Waals surface area contributed by atoms with Crippen molar-refractivity contribution in [2.75, 3.05) is 12.4 Å². The Labute approximate surface area is 148 Å². The first-order valence-electron chi connectivity index (χ1n) is 7.75. The van der Waals surface area contributed by atoms with Gasteiger partial charge in [-0.2, -0.15) is 10.2 Å². The molecule has 26 heavy (non-hydrogen) atoms. The Hall–Kier alpha value is -3.40. The van der Waals surface area contributed by atoms with Crippen LogP contribution < -0.4 is 10.6 Å². The fraction of sp³-hybridized carbons (Fsp3) is 0.250. The van der Waals surface area contributed by atoms with E-state index in [4.69, 9.17) is 9.15 Å². The second kappa shape index (κ2) is 7.66. The number of amides is 2. The second-order valence-electron chi connectivity index (χ2n) is 5.44. The number of methoxy groups -OCH3 is 1. The van der Waals surface area contributed by atoms with Crippen LogP contribution in [0, 0.1) is 0 Å². The molecule has 0 aliphatic carbocycles. The number of hydrogen-bond donors (Lipinski definition) is 2. The van der Waals surface area contributed by atoms with Crippen LogP contribution in [0.15, 0.2) is 41.3 Å². The fourth-order valence-electron chi connectivity index (χ4n) is 2.29. The standard InChI is InChI=1S/C16H18N6O4/c1-21-9-13(18-15(23)12-5-6-22(19-12)10-25-2)14(20-21)16(24)17-8-11-4-3-7-26-11/h3-7,9H,8,10H2,1-2H3,(H,17,24)(H,18,23). The Morgan fingerprint density at radius 2 is 2.12 bits per heavy atom. The number of furan rings is 1. The van der Waals surface area contributed by atoms with Gasteiger partial charge < -0.3 is 19.8 Å². The van der Waals surface area contributed by atoms with E-state index in [1.54, 1.807) is 37.6 Å². The van der Waals surface area contributed by atoms with Gasteiger partial charge in [0.2, 0.25) is 0 Å². The summed E-state index contributed by atoms with van der Waals surface area (Å²) < 4.78 is 13.0. The Morgan fingerprint density at radius 1 is 1.27 bits per heavy atom. The predicted octanol–water partition coefficient (Wildman–Crippen LogP) is 0.996. The number of hydrogen-bond acceptors (Lipinski definition) is 6. The van der Waals surface area contributed by atoms with Gasteiger partial charge >= 0.3 is 0 Å². The molecule has 0 aliphatic rings. The first-order valence-corrected chi connectivity index (χ1v) is 7.75. The molecule has 0 fully saturated rings. The zero-order valence-electron chi connectivity index (χ0n) is 14.3. The van der Waals surface area contributed by atoms with Crippen LogP contribution in [0.4, 0.5) is 5.69 Å². The minimum atomic E-state index is -0.451. The van der Waals surface area contributed by atoms with Gasteiger partial charge in [-0.3, -0.25) is 14.3 Å². The molecule has 2 N–H and O–H groups in total. The lowest BCUT2D eigenvalue weighted by molar-refractivity contribution is 0.0943. The maximum atomic E-state index is 12.4. The minimum Gasteiger partial charge on any atom is -0.467 e. The summed E-state index contributed by atoms with van der Waals surface area (Å²) in [7, 11) is 3.19. The average molecular weight is 358 g/mol. The van der Waals surface area contributed by atoms with Gasteiger partial charge in [-0.15, -0.1) is 0 Å². The number of rotatable bonds is 7. The molecule has 0 aromatic carbocycles. The molecule has 3 aromatic heterocycles. The molecule has 3 heterocycles. The molecule has 2 amide bonds. The summed E-state index contributed by atoms with van der Waals surface area (Å²) >= 11 is 0. The van der Waals surface area contributed by atoms with Gasteiger partial charge in [0.15, 0.2) is 11.4 Å². The molecule has 0 atom stereocenters.